The van der Waals surface area contributed by atoms with E-state index in [9.17, 15) is 0 Å². The molecule has 21 heavy (non-hydrogen) atoms. The Morgan fingerprint density at radius 3 is 2.71 bits per heavy atom. The van der Waals surface area contributed by atoms with Crippen LogP contribution in [0, 0.1) is 6.92 Å². The summed E-state index contributed by atoms with van der Waals surface area (Å²) >= 11 is 0. The van der Waals surface area contributed by atoms with Crippen molar-refractivity contribution in [1.82, 2.24) is 20.4 Å². The van der Waals surface area contributed by atoms with Crippen LogP contribution in [-0.4, -0.2) is 28.8 Å². The highest BCUT2D eigenvalue weighted by molar-refractivity contribution is 5.79. The predicted molar refractivity (Wildman–Crippen MR) is 86.2 cm³/mol. The minimum atomic E-state index is 0.678. The molecule has 0 saturated heterocycles. The van der Waals surface area contributed by atoms with Crippen molar-refractivity contribution in [3.05, 3.63) is 53.9 Å². The molecule has 0 aliphatic rings. The van der Waals surface area contributed by atoms with E-state index in [1.807, 2.05) is 16.9 Å². The Balaban J connectivity index is 1.84. The molecule has 0 fully saturated rings. The summed E-state index contributed by atoms with van der Waals surface area (Å²) in [5.74, 6) is 0.838. The van der Waals surface area contributed by atoms with Crippen molar-refractivity contribution in [2.45, 2.75) is 26.9 Å². The minimum absolute atomic E-state index is 0.678. The van der Waals surface area contributed by atoms with Gasteiger partial charge in [0.1, 0.15) is 0 Å². The molecule has 2 aromatic rings. The van der Waals surface area contributed by atoms with Gasteiger partial charge in [0, 0.05) is 25.5 Å². The first-order valence-corrected chi connectivity index (χ1v) is 7.33. The Morgan fingerprint density at radius 1 is 1.24 bits per heavy atom. The van der Waals surface area contributed by atoms with Gasteiger partial charge in [-0.2, -0.15) is 5.10 Å². The summed E-state index contributed by atoms with van der Waals surface area (Å²) in [4.78, 5) is 4.60. The van der Waals surface area contributed by atoms with E-state index in [1.165, 1.54) is 11.1 Å². The Kier molecular flexibility index (Phi) is 5.82. The number of aromatic nitrogens is 2. The molecule has 1 aromatic heterocycles. The Hall–Kier alpha value is -2.30. The molecule has 0 aliphatic heterocycles. The molecule has 112 valence electrons. The average Bonchev–Trinajstić information content (AvgIpc) is 3.00. The second kappa shape index (κ2) is 8.09. The van der Waals surface area contributed by atoms with Gasteiger partial charge in [0.05, 0.1) is 13.1 Å². The highest BCUT2D eigenvalue weighted by Gasteiger charge is 1.98. The van der Waals surface area contributed by atoms with Crippen LogP contribution < -0.4 is 10.6 Å². The van der Waals surface area contributed by atoms with Crippen LogP contribution in [0.4, 0.5) is 0 Å². The van der Waals surface area contributed by atoms with Crippen molar-refractivity contribution in [2.75, 3.05) is 13.1 Å². The number of rotatable bonds is 6. The van der Waals surface area contributed by atoms with Crippen molar-refractivity contribution < 1.29 is 0 Å². The molecule has 2 N–H and O–H groups in total. The van der Waals surface area contributed by atoms with Crippen LogP contribution in [0.1, 0.15) is 18.1 Å². The first kappa shape index (κ1) is 15.1. The summed E-state index contributed by atoms with van der Waals surface area (Å²) < 4.78 is 1.90. The lowest BCUT2D eigenvalue weighted by Gasteiger charge is -2.11. The van der Waals surface area contributed by atoms with Gasteiger partial charge in [0.25, 0.3) is 0 Å². The highest BCUT2D eigenvalue weighted by Crippen LogP contribution is 2.04. The van der Waals surface area contributed by atoms with E-state index in [0.717, 1.165) is 25.6 Å². The van der Waals surface area contributed by atoms with E-state index in [2.05, 4.69) is 58.8 Å². The molecule has 5 heteroatoms. The summed E-state index contributed by atoms with van der Waals surface area (Å²) in [5, 5.41) is 10.7. The molecule has 0 radical (unpaired) electrons. The SMILES string of the molecule is CCNC(=NCc1ccc(C)cc1)NCCn1cccn1. The first-order chi connectivity index (χ1) is 10.3. The van der Waals surface area contributed by atoms with Crippen molar-refractivity contribution in [1.29, 1.82) is 0 Å². The first-order valence-electron chi connectivity index (χ1n) is 7.33. The second-order valence-electron chi connectivity index (χ2n) is 4.88. The van der Waals surface area contributed by atoms with Crippen molar-refractivity contribution in [2.24, 2.45) is 4.99 Å². The molecule has 0 aliphatic carbocycles. The standard InChI is InChI=1S/C16H23N5/c1-3-17-16(18-10-12-21-11-4-9-20-21)19-13-15-7-5-14(2)6-8-15/h4-9,11H,3,10,12-13H2,1-2H3,(H2,17,18,19). The summed E-state index contributed by atoms with van der Waals surface area (Å²) in [7, 11) is 0. The van der Waals surface area contributed by atoms with Crippen LogP contribution in [0.15, 0.2) is 47.7 Å². The zero-order chi connectivity index (χ0) is 14.9. The molecule has 2 rings (SSSR count). The summed E-state index contributed by atoms with van der Waals surface area (Å²) in [5.41, 5.74) is 2.48. The number of nitrogens with one attached hydrogen (secondary N) is 2. The number of guanidine groups is 1. The number of hydrogen-bond donors (Lipinski definition) is 2. The van der Waals surface area contributed by atoms with E-state index >= 15 is 0 Å². The van der Waals surface area contributed by atoms with E-state index in [1.54, 1.807) is 6.20 Å². The molecule has 0 unspecified atom stereocenters. The molecule has 0 spiro atoms. The normalized spacial score (nSPS) is 11.4. The molecular formula is C16H23N5. The molecule has 1 heterocycles. The van der Waals surface area contributed by atoms with Gasteiger partial charge >= 0.3 is 0 Å². The molecule has 0 amide bonds. The zero-order valence-electron chi connectivity index (χ0n) is 12.7. The van der Waals surface area contributed by atoms with Crippen LogP contribution in [0.5, 0.6) is 0 Å². The number of aryl methyl sites for hydroxylation is 1. The fourth-order valence-corrected chi connectivity index (χ4v) is 1.93. The molecule has 1 aromatic carbocycles. The predicted octanol–water partition coefficient (Wildman–Crippen LogP) is 1.95. The van der Waals surface area contributed by atoms with Crippen molar-refractivity contribution in [3.8, 4) is 0 Å². The van der Waals surface area contributed by atoms with Gasteiger partial charge in [-0.05, 0) is 25.5 Å². The lowest BCUT2D eigenvalue weighted by Crippen LogP contribution is -2.38. The smallest absolute Gasteiger partial charge is 0.191 e. The lowest BCUT2D eigenvalue weighted by atomic mass is 10.1. The molecule has 0 saturated carbocycles. The van der Waals surface area contributed by atoms with Crippen LogP contribution in [0.2, 0.25) is 0 Å². The second-order valence-corrected chi connectivity index (χ2v) is 4.88. The van der Waals surface area contributed by atoms with Gasteiger partial charge in [0.15, 0.2) is 5.96 Å². The zero-order valence-corrected chi connectivity index (χ0v) is 12.7. The number of benzene rings is 1. The van der Waals surface area contributed by atoms with Crippen molar-refractivity contribution >= 4 is 5.96 Å². The average molecular weight is 285 g/mol. The fraction of sp³-hybridized carbons (Fsp3) is 0.375. The van der Waals surface area contributed by atoms with Gasteiger partial charge in [-0.25, -0.2) is 4.99 Å². The maximum atomic E-state index is 4.60. The lowest BCUT2D eigenvalue weighted by molar-refractivity contribution is 0.598. The summed E-state index contributed by atoms with van der Waals surface area (Å²) in [6.45, 7) is 7.30. The van der Waals surface area contributed by atoms with Gasteiger partial charge in [-0.3, -0.25) is 4.68 Å². The Morgan fingerprint density at radius 2 is 2.05 bits per heavy atom. The highest BCUT2D eigenvalue weighted by atomic mass is 15.3. The van der Waals surface area contributed by atoms with E-state index in [-0.39, 0.29) is 0 Å². The maximum Gasteiger partial charge on any atom is 0.191 e. The van der Waals surface area contributed by atoms with Gasteiger partial charge in [-0.1, -0.05) is 29.8 Å². The van der Waals surface area contributed by atoms with E-state index < -0.39 is 0 Å². The molecule has 5 nitrogen and oxygen atoms in total. The van der Waals surface area contributed by atoms with Crippen LogP contribution in [-0.2, 0) is 13.1 Å². The summed E-state index contributed by atoms with van der Waals surface area (Å²) in [6, 6.07) is 10.4. The number of nitrogens with zero attached hydrogens (tertiary/aromatic N) is 3. The van der Waals surface area contributed by atoms with Gasteiger partial charge in [0.2, 0.25) is 0 Å². The Labute approximate surface area is 126 Å². The quantitative estimate of drug-likeness (QED) is 0.630. The van der Waals surface area contributed by atoms with E-state index in [0.29, 0.717) is 6.54 Å². The van der Waals surface area contributed by atoms with E-state index in [4.69, 9.17) is 0 Å². The number of hydrogen-bond acceptors (Lipinski definition) is 2. The van der Waals surface area contributed by atoms with Crippen LogP contribution in [0.3, 0.4) is 0 Å². The number of aliphatic imine (C=N–C) groups is 1. The topological polar surface area (TPSA) is 54.2 Å². The van der Waals surface area contributed by atoms with Crippen LogP contribution >= 0.6 is 0 Å². The largest absolute Gasteiger partial charge is 0.357 e. The third-order valence-electron chi connectivity index (χ3n) is 3.08. The fourth-order valence-electron chi connectivity index (χ4n) is 1.93. The monoisotopic (exact) mass is 285 g/mol. The van der Waals surface area contributed by atoms with Crippen molar-refractivity contribution in [3.63, 3.8) is 0 Å². The molecule has 0 bridgehead atoms. The van der Waals surface area contributed by atoms with Gasteiger partial charge < -0.3 is 10.6 Å². The van der Waals surface area contributed by atoms with Gasteiger partial charge in [-0.15, -0.1) is 0 Å². The third kappa shape index (κ3) is 5.30. The molecule has 0 atom stereocenters. The summed E-state index contributed by atoms with van der Waals surface area (Å²) in [6.07, 6.45) is 3.74. The van der Waals surface area contributed by atoms with Crippen LogP contribution in [0.25, 0.3) is 0 Å². The third-order valence-corrected chi connectivity index (χ3v) is 3.08. The minimum Gasteiger partial charge on any atom is -0.357 e. The Bertz CT molecular complexity index is 543. The maximum absolute atomic E-state index is 4.60. The molecular weight excluding hydrogens is 262 g/mol.